The zero-order chi connectivity index (χ0) is 5.28. The van der Waals surface area contributed by atoms with Crippen LogP contribution in [-0.4, -0.2) is 4.37 Å². The lowest BCUT2D eigenvalue weighted by molar-refractivity contribution is 1.54. The maximum Gasteiger partial charge on any atom is 0.0479 e. The molecule has 0 aromatic carbocycles. The van der Waals surface area contributed by atoms with Crippen LogP contribution in [0.1, 0.15) is 0 Å². The Hall–Kier alpha value is -0.630. The lowest BCUT2D eigenvalue weighted by Gasteiger charge is -1.56. The van der Waals surface area contributed by atoms with E-state index in [1.807, 2.05) is 0 Å². The summed E-state index contributed by atoms with van der Waals surface area (Å²) < 4.78 is 4.80. The van der Waals surface area contributed by atoms with Crippen LogP contribution < -0.4 is 9.75 Å². The van der Waals surface area contributed by atoms with E-state index < -0.39 is 0 Å². The van der Waals surface area contributed by atoms with Crippen molar-refractivity contribution in [1.29, 1.82) is 0 Å². The Kier molecular flexibility index (Phi) is 0.947. The highest BCUT2D eigenvalue weighted by atomic mass is 32.1. The van der Waals surface area contributed by atoms with Crippen LogP contribution in [0.3, 0.4) is 0 Å². The quantitative estimate of drug-likeness (QED) is 0.458. The Bertz CT molecular complexity index is 212. The predicted molar refractivity (Wildman–Crippen MR) is 32.4 cm³/mol. The summed E-state index contributed by atoms with van der Waals surface area (Å²) in [5.41, 5.74) is 0. The molecule has 1 rings (SSSR count). The van der Waals surface area contributed by atoms with Crippen molar-refractivity contribution in [2.75, 3.05) is 0 Å². The number of hydrogen-bond acceptors (Lipinski definition) is 2. The first kappa shape index (κ1) is 4.53. The van der Waals surface area contributed by atoms with Gasteiger partial charge >= 0.3 is 0 Å². The van der Waals surface area contributed by atoms with Gasteiger partial charge < -0.3 is 0 Å². The number of aromatic nitrogens is 1. The van der Waals surface area contributed by atoms with Crippen molar-refractivity contribution in [3.63, 3.8) is 0 Å². The van der Waals surface area contributed by atoms with Gasteiger partial charge in [-0.05, 0) is 11.5 Å². The third-order valence-corrected chi connectivity index (χ3v) is 1.42. The Morgan fingerprint density at radius 1 is 1.57 bits per heavy atom. The minimum absolute atomic E-state index is 0.935. The molecule has 0 aliphatic rings. The molecule has 0 fully saturated rings. The van der Waals surface area contributed by atoms with Crippen LogP contribution >= 0.6 is 11.5 Å². The minimum Gasteiger partial charge on any atom is -0.200 e. The lowest BCUT2D eigenvalue weighted by Crippen LogP contribution is -2.11. The third-order valence-electron chi connectivity index (χ3n) is 0.730. The van der Waals surface area contributed by atoms with Gasteiger partial charge in [0.2, 0.25) is 0 Å². The van der Waals surface area contributed by atoms with Gasteiger partial charge in [-0.3, -0.25) is 0 Å². The van der Waals surface area contributed by atoms with Gasteiger partial charge in [-0.15, -0.1) is 0 Å². The van der Waals surface area contributed by atoms with Gasteiger partial charge in [-0.1, -0.05) is 13.2 Å². The average molecular weight is 111 g/mol. The molecule has 0 aliphatic carbocycles. The first-order chi connectivity index (χ1) is 3.30. The number of nitrogens with zero attached hydrogens (tertiary/aromatic N) is 1. The summed E-state index contributed by atoms with van der Waals surface area (Å²) >= 11 is 1.38. The molecule has 1 aromatic rings. The van der Waals surface area contributed by atoms with E-state index in [0.29, 0.717) is 0 Å². The zero-order valence-electron chi connectivity index (χ0n) is 3.85. The van der Waals surface area contributed by atoms with Crippen LogP contribution in [0, 0.1) is 0 Å². The topological polar surface area (TPSA) is 12.9 Å². The van der Waals surface area contributed by atoms with E-state index in [4.69, 9.17) is 0 Å². The molecule has 0 saturated heterocycles. The monoisotopic (exact) mass is 111 g/mol. The van der Waals surface area contributed by atoms with E-state index in [9.17, 15) is 0 Å². The van der Waals surface area contributed by atoms with Crippen LogP contribution in [0.2, 0.25) is 0 Å². The molecule has 7 heavy (non-hydrogen) atoms. The summed E-state index contributed by atoms with van der Waals surface area (Å²) in [5.74, 6) is 0. The van der Waals surface area contributed by atoms with Gasteiger partial charge in [0.1, 0.15) is 0 Å². The summed E-state index contributed by atoms with van der Waals surface area (Å²) in [6.45, 7) is 7.34. The smallest absolute Gasteiger partial charge is 0.0479 e. The maximum absolute atomic E-state index is 3.84. The molecule has 36 valence electrons. The maximum atomic E-state index is 3.84. The first-order valence-corrected chi connectivity index (χ1v) is 2.66. The van der Waals surface area contributed by atoms with Crippen molar-refractivity contribution < 1.29 is 0 Å². The summed E-state index contributed by atoms with van der Waals surface area (Å²) in [6.07, 6.45) is 1.72. The molecule has 0 bridgehead atoms. The van der Waals surface area contributed by atoms with E-state index in [0.717, 1.165) is 9.75 Å². The fourth-order valence-electron chi connectivity index (χ4n) is 0.284. The van der Waals surface area contributed by atoms with Crippen molar-refractivity contribution in [3.8, 4) is 0 Å². The standard InChI is InChI=1S/C5H5NS/c1-4-3-6-7-5(4)2/h3H,1-2H2. The van der Waals surface area contributed by atoms with E-state index in [-0.39, 0.29) is 0 Å². The molecular formula is C5H5NS. The van der Waals surface area contributed by atoms with Gasteiger partial charge in [0.15, 0.2) is 0 Å². The Labute approximate surface area is 45.8 Å². The Morgan fingerprint density at radius 2 is 2.29 bits per heavy atom. The molecule has 0 atom stereocenters. The van der Waals surface area contributed by atoms with E-state index >= 15 is 0 Å². The van der Waals surface area contributed by atoms with Crippen molar-refractivity contribution >= 4 is 24.7 Å². The first-order valence-electron chi connectivity index (χ1n) is 1.89. The van der Waals surface area contributed by atoms with Crippen molar-refractivity contribution in [3.05, 3.63) is 15.9 Å². The molecule has 2 heteroatoms. The summed E-state index contributed by atoms with van der Waals surface area (Å²) in [4.78, 5) is 0. The largest absolute Gasteiger partial charge is 0.200 e. The van der Waals surface area contributed by atoms with E-state index in [1.165, 1.54) is 11.5 Å². The van der Waals surface area contributed by atoms with Crippen LogP contribution in [0.15, 0.2) is 6.20 Å². The van der Waals surface area contributed by atoms with Gasteiger partial charge in [0.25, 0.3) is 0 Å². The van der Waals surface area contributed by atoms with Crippen molar-refractivity contribution in [2.24, 2.45) is 0 Å². The molecule has 1 heterocycles. The van der Waals surface area contributed by atoms with Gasteiger partial charge in [0, 0.05) is 15.9 Å². The van der Waals surface area contributed by atoms with Gasteiger partial charge in [-0.25, -0.2) is 0 Å². The Balaban J connectivity index is 3.71. The van der Waals surface area contributed by atoms with Crippen LogP contribution in [-0.2, 0) is 0 Å². The summed E-state index contributed by atoms with van der Waals surface area (Å²) in [7, 11) is 0. The minimum atomic E-state index is 0.935. The second-order valence-corrected chi connectivity index (χ2v) is 2.16. The molecule has 0 radical (unpaired) electrons. The highest BCUT2D eigenvalue weighted by molar-refractivity contribution is 7.03. The third kappa shape index (κ3) is 0.695. The highest BCUT2D eigenvalue weighted by Crippen LogP contribution is 1.65. The fourth-order valence-corrected chi connectivity index (χ4v) is 0.761. The molecule has 0 spiro atoms. The summed E-state index contributed by atoms with van der Waals surface area (Å²) in [6, 6.07) is 0. The molecule has 0 unspecified atom stereocenters. The van der Waals surface area contributed by atoms with Crippen LogP contribution in [0.5, 0.6) is 0 Å². The second kappa shape index (κ2) is 1.46. The normalized spacial score (nSPS) is 9.14. The van der Waals surface area contributed by atoms with Crippen LogP contribution in [0.4, 0.5) is 0 Å². The average Bonchev–Trinajstić information content (AvgIpc) is 1.91. The summed E-state index contributed by atoms with van der Waals surface area (Å²) in [5, 5.41) is 0.935. The van der Waals surface area contributed by atoms with E-state index in [2.05, 4.69) is 17.5 Å². The molecule has 1 nitrogen and oxygen atoms in total. The van der Waals surface area contributed by atoms with Crippen molar-refractivity contribution in [1.82, 2.24) is 4.37 Å². The predicted octanol–water partition coefficient (Wildman–Crippen LogP) is -0.0363. The molecule has 0 amide bonds. The zero-order valence-corrected chi connectivity index (χ0v) is 4.66. The fraction of sp³-hybridized carbons (Fsp3) is 0. The molecule has 1 aromatic heterocycles. The van der Waals surface area contributed by atoms with Crippen molar-refractivity contribution in [2.45, 2.75) is 0 Å². The lowest BCUT2D eigenvalue weighted by atomic mass is 10.5. The molecule has 0 saturated carbocycles. The SMILES string of the molecule is C=c1cnsc1=C. The molecule has 0 aliphatic heterocycles. The van der Waals surface area contributed by atoms with E-state index in [1.54, 1.807) is 6.20 Å². The van der Waals surface area contributed by atoms with Gasteiger partial charge in [-0.2, -0.15) is 4.37 Å². The second-order valence-electron chi connectivity index (χ2n) is 1.27. The number of rotatable bonds is 0. The molecular weight excluding hydrogens is 106 g/mol. The number of hydrogen-bond donors (Lipinski definition) is 0. The molecule has 0 N–H and O–H groups in total. The van der Waals surface area contributed by atoms with Crippen LogP contribution in [0.25, 0.3) is 13.2 Å². The highest BCUT2D eigenvalue weighted by Gasteiger charge is 1.75. The Morgan fingerprint density at radius 3 is 2.43 bits per heavy atom. The van der Waals surface area contributed by atoms with Gasteiger partial charge in [0.05, 0.1) is 0 Å².